The van der Waals surface area contributed by atoms with Gasteiger partial charge in [0.15, 0.2) is 12.4 Å². The Morgan fingerprint density at radius 3 is 1.74 bits per heavy atom. The minimum atomic E-state index is -1.05. The average Bonchev–Trinajstić information content (AvgIpc) is 2.83. The molecule has 2 aromatic rings. The van der Waals surface area contributed by atoms with Gasteiger partial charge in [0.2, 0.25) is 0 Å². The fourth-order valence-electron chi connectivity index (χ4n) is 3.93. The Labute approximate surface area is 205 Å². The van der Waals surface area contributed by atoms with Crippen LogP contribution in [0.5, 0.6) is 11.5 Å². The first-order valence-electron chi connectivity index (χ1n) is 11.2. The second-order valence-corrected chi connectivity index (χ2v) is 11.2. The fraction of sp³-hybridized carbons (Fsp3) is 0.440. The van der Waals surface area contributed by atoms with E-state index in [4.69, 9.17) is 9.47 Å². The summed E-state index contributed by atoms with van der Waals surface area (Å²) in [6.45, 7) is -0.0445. The molecule has 1 aliphatic rings. The molecule has 1 fully saturated rings. The highest BCUT2D eigenvalue weighted by molar-refractivity contribution is 7.84. The van der Waals surface area contributed by atoms with Crippen molar-refractivity contribution in [3.8, 4) is 11.5 Å². The highest BCUT2D eigenvalue weighted by atomic mass is 32.2. The molecule has 0 spiro atoms. The van der Waals surface area contributed by atoms with Gasteiger partial charge in [-0.2, -0.15) is 0 Å². The third-order valence-electron chi connectivity index (χ3n) is 5.81. The molecule has 1 saturated carbocycles. The molecule has 184 valence electrons. The van der Waals surface area contributed by atoms with Crippen LogP contribution in [0.15, 0.2) is 58.3 Å². The summed E-state index contributed by atoms with van der Waals surface area (Å²) < 4.78 is 33.9. The molecular formula is C25H31NO6S2. The molecule has 1 amide bonds. The minimum absolute atomic E-state index is 0.0255. The van der Waals surface area contributed by atoms with Crippen LogP contribution in [0.25, 0.3) is 0 Å². The monoisotopic (exact) mass is 505 g/mol. The van der Waals surface area contributed by atoms with Crippen LogP contribution >= 0.6 is 0 Å². The maximum absolute atomic E-state index is 12.3. The van der Waals surface area contributed by atoms with Crippen LogP contribution in [0.4, 0.5) is 0 Å². The molecule has 9 heteroatoms. The molecule has 0 radical (unpaired) electrons. The zero-order valence-electron chi connectivity index (χ0n) is 19.5. The highest BCUT2D eigenvalue weighted by Crippen LogP contribution is 2.27. The number of benzene rings is 2. The molecule has 0 bridgehead atoms. The minimum Gasteiger partial charge on any atom is -0.486 e. The van der Waals surface area contributed by atoms with Gasteiger partial charge in [0, 0.05) is 56.4 Å². The molecule has 34 heavy (non-hydrogen) atoms. The fourth-order valence-corrected chi connectivity index (χ4v) is 4.97. The van der Waals surface area contributed by atoms with Crippen molar-refractivity contribution in [1.82, 2.24) is 5.32 Å². The summed E-state index contributed by atoms with van der Waals surface area (Å²) in [5, 5.41) is 3.01. The topological polar surface area (TPSA) is 98.8 Å². The van der Waals surface area contributed by atoms with Crippen LogP contribution in [0, 0.1) is 5.92 Å². The first-order chi connectivity index (χ1) is 16.3. The van der Waals surface area contributed by atoms with E-state index in [1.54, 1.807) is 61.0 Å². The summed E-state index contributed by atoms with van der Waals surface area (Å²) >= 11 is 0. The van der Waals surface area contributed by atoms with E-state index in [9.17, 15) is 18.0 Å². The van der Waals surface area contributed by atoms with Crippen molar-refractivity contribution in [3.63, 3.8) is 0 Å². The predicted molar refractivity (Wildman–Crippen MR) is 132 cm³/mol. The largest absolute Gasteiger partial charge is 0.486 e. The van der Waals surface area contributed by atoms with Crippen LogP contribution in [-0.2, 0) is 31.2 Å². The number of hydrogen-bond donors (Lipinski definition) is 1. The molecule has 2 unspecified atom stereocenters. The van der Waals surface area contributed by atoms with Gasteiger partial charge in [0.1, 0.15) is 18.1 Å². The summed E-state index contributed by atoms with van der Waals surface area (Å²) in [4.78, 5) is 26.0. The number of carbonyl (C=O) groups is 2. The van der Waals surface area contributed by atoms with E-state index < -0.39 is 21.6 Å². The Balaban J connectivity index is 1.32. The lowest BCUT2D eigenvalue weighted by Gasteiger charge is -2.28. The normalized spacial score (nSPS) is 19.6. The van der Waals surface area contributed by atoms with Crippen molar-refractivity contribution in [2.75, 3.05) is 25.7 Å². The average molecular weight is 506 g/mol. The summed E-state index contributed by atoms with van der Waals surface area (Å²) in [6, 6.07) is 13.9. The zero-order valence-corrected chi connectivity index (χ0v) is 21.1. The summed E-state index contributed by atoms with van der Waals surface area (Å²) in [6.07, 6.45) is 7.12. The van der Waals surface area contributed by atoms with Gasteiger partial charge in [-0.05, 0) is 80.1 Å². The second-order valence-electron chi connectivity index (χ2n) is 8.46. The van der Waals surface area contributed by atoms with E-state index in [2.05, 4.69) is 5.32 Å². The third kappa shape index (κ3) is 8.36. The molecule has 0 heterocycles. The van der Waals surface area contributed by atoms with Crippen molar-refractivity contribution in [1.29, 1.82) is 0 Å². The molecule has 7 nitrogen and oxygen atoms in total. The van der Waals surface area contributed by atoms with E-state index in [1.165, 1.54) is 0 Å². The van der Waals surface area contributed by atoms with Gasteiger partial charge in [-0.25, -0.2) is 0 Å². The highest BCUT2D eigenvalue weighted by Gasteiger charge is 2.24. The van der Waals surface area contributed by atoms with Gasteiger partial charge < -0.3 is 14.8 Å². The molecule has 3 rings (SSSR count). The maximum Gasteiger partial charge on any atom is 0.258 e. The van der Waals surface area contributed by atoms with E-state index in [0.717, 1.165) is 30.6 Å². The van der Waals surface area contributed by atoms with E-state index in [-0.39, 0.29) is 30.9 Å². The number of nitrogens with one attached hydrogen (secondary N) is 1. The standard InChI is InChI=1S/C25H31NO6S2/c1-33(29)23-11-7-21(8-12-23)31-16-20(27)15-18-3-5-19(6-4-18)26-25(28)17-32-22-9-13-24(14-10-22)34(2)30/h7-14,18-19H,3-6,15-17H2,1-2H3,(H,26,28). The third-order valence-corrected chi connectivity index (χ3v) is 7.68. The number of carbonyl (C=O) groups excluding carboxylic acids is 2. The van der Waals surface area contributed by atoms with Gasteiger partial charge in [-0.15, -0.1) is 0 Å². The Bertz CT molecular complexity index is 931. The number of hydrogen-bond acceptors (Lipinski definition) is 6. The van der Waals surface area contributed by atoms with Gasteiger partial charge in [0.05, 0.1) is 0 Å². The van der Waals surface area contributed by atoms with Crippen LogP contribution < -0.4 is 14.8 Å². The van der Waals surface area contributed by atoms with Gasteiger partial charge in [-0.1, -0.05) is 0 Å². The molecule has 0 saturated heterocycles. The smallest absolute Gasteiger partial charge is 0.258 e. The maximum atomic E-state index is 12.3. The van der Waals surface area contributed by atoms with Gasteiger partial charge >= 0.3 is 0 Å². The second kappa shape index (κ2) is 12.8. The lowest BCUT2D eigenvalue weighted by Crippen LogP contribution is -2.40. The molecule has 0 aliphatic heterocycles. The van der Waals surface area contributed by atoms with Crippen molar-refractivity contribution in [2.24, 2.45) is 5.92 Å². The molecule has 1 N–H and O–H groups in total. The zero-order chi connectivity index (χ0) is 24.5. The molecule has 2 atom stereocenters. The van der Waals surface area contributed by atoms with Crippen molar-refractivity contribution in [3.05, 3.63) is 48.5 Å². The number of amides is 1. The quantitative estimate of drug-likeness (QED) is 0.503. The van der Waals surface area contributed by atoms with Crippen LogP contribution in [-0.4, -0.2) is 51.9 Å². The van der Waals surface area contributed by atoms with Crippen LogP contribution in [0.1, 0.15) is 32.1 Å². The van der Waals surface area contributed by atoms with Crippen LogP contribution in [0.2, 0.25) is 0 Å². The Morgan fingerprint density at radius 1 is 0.794 bits per heavy atom. The van der Waals surface area contributed by atoms with Gasteiger partial charge in [0.25, 0.3) is 5.91 Å². The lowest BCUT2D eigenvalue weighted by molar-refractivity contribution is -0.125. The number of Topliss-reactive ketones (excluding diaryl/α,β-unsaturated/α-hetero) is 1. The summed E-state index contributed by atoms with van der Waals surface area (Å²) in [5.41, 5.74) is 0. The Hall–Kier alpha value is -2.52. The Kier molecular flexibility index (Phi) is 9.83. The lowest BCUT2D eigenvalue weighted by atomic mass is 9.83. The van der Waals surface area contributed by atoms with Gasteiger partial charge in [-0.3, -0.25) is 18.0 Å². The van der Waals surface area contributed by atoms with Crippen LogP contribution in [0.3, 0.4) is 0 Å². The van der Waals surface area contributed by atoms with Crippen molar-refractivity contribution < 1.29 is 27.5 Å². The number of ketones is 1. The first kappa shape index (κ1) is 26.1. The van der Waals surface area contributed by atoms with Crippen molar-refractivity contribution in [2.45, 2.75) is 47.9 Å². The molecule has 0 aromatic heterocycles. The first-order valence-corrected chi connectivity index (χ1v) is 14.4. The van der Waals surface area contributed by atoms with E-state index >= 15 is 0 Å². The Morgan fingerprint density at radius 2 is 1.26 bits per heavy atom. The summed E-state index contributed by atoms with van der Waals surface area (Å²) in [5.74, 6) is 1.33. The van der Waals surface area contributed by atoms with E-state index in [0.29, 0.717) is 28.7 Å². The molecular weight excluding hydrogens is 474 g/mol. The molecule has 1 aliphatic carbocycles. The summed E-state index contributed by atoms with van der Waals surface area (Å²) in [7, 11) is -2.09. The number of ether oxygens (including phenoxy) is 2. The predicted octanol–water partition coefficient (Wildman–Crippen LogP) is 3.25. The number of rotatable bonds is 11. The van der Waals surface area contributed by atoms with E-state index in [1.807, 2.05) is 0 Å². The SMILES string of the molecule is CS(=O)c1ccc(OCC(=O)CC2CCC(NC(=O)COc3ccc(S(C)=O)cc3)CC2)cc1. The molecule has 2 aromatic carbocycles. The van der Waals surface area contributed by atoms with Crippen molar-refractivity contribution >= 4 is 33.3 Å².